The molecule has 3 aromatic carbocycles. The maximum atomic E-state index is 11.7. The zero-order valence-electron chi connectivity index (χ0n) is 20.3. The SMILES string of the molecule is CCOC(=O)COc1cccc2c1CCc1sc(OCCC(c3ccccc3)c3ccccc3)nc1-2. The largest absolute Gasteiger partial charge is 0.482 e. The van der Waals surface area contributed by atoms with Gasteiger partial charge < -0.3 is 14.2 Å². The fourth-order valence-electron chi connectivity index (χ4n) is 4.69. The first kappa shape index (κ1) is 24.1. The van der Waals surface area contributed by atoms with Crippen molar-refractivity contribution >= 4 is 17.3 Å². The number of ether oxygens (including phenoxy) is 3. The number of thiazole rings is 1. The number of fused-ring (bicyclic) bond motifs is 3. The van der Waals surface area contributed by atoms with Gasteiger partial charge in [0.05, 0.1) is 18.9 Å². The third-order valence-corrected chi connectivity index (χ3v) is 7.38. The summed E-state index contributed by atoms with van der Waals surface area (Å²) in [6.07, 6.45) is 2.58. The minimum atomic E-state index is -0.361. The van der Waals surface area contributed by atoms with E-state index in [0.29, 0.717) is 18.4 Å². The highest BCUT2D eigenvalue weighted by atomic mass is 32.1. The maximum Gasteiger partial charge on any atom is 0.344 e. The van der Waals surface area contributed by atoms with Crippen molar-refractivity contribution in [3.05, 3.63) is 100 Å². The van der Waals surface area contributed by atoms with Crippen molar-refractivity contribution in [1.82, 2.24) is 4.98 Å². The number of nitrogens with zero attached hydrogens (tertiary/aromatic N) is 1. The van der Waals surface area contributed by atoms with Gasteiger partial charge in [0.1, 0.15) is 5.75 Å². The Kier molecular flexibility index (Phi) is 7.62. The van der Waals surface area contributed by atoms with Gasteiger partial charge in [-0.2, -0.15) is 0 Å². The van der Waals surface area contributed by atoms with Gasteiger partial charge in [-0.1, -0.05) is 84.1 Å². The van der Waals surface area contributed by atoms with Crippen LogP contribution in [0.25, 0.3) is 11.3 Å². The van der Waals surface area contributed by atoms with Crippen LogP contribution in [0.4, 0.5) is 0 Å². The van der Waals surface area contributed by atoms with Crippen molar-refractivity contribution in [2.24, 2.45) is 0 Å². The number of aryl methyl sites for hydroxylation is 1. The lowest BCUT2D eigenvalue weighted by Gasteiger charge is -2.18. The fourth-order valence-corrected chi connectivity index (χ4v) is 5.64. The molecule has 1 aliphatic rings. The van der Waals surface area contributed by atoms with Crippen molar-refractivity contribution in [2.45, 2.75) is 32.1 Å². The number of benzene rings is 3. The van der Waals surface area contributed by atoms with Gasteiger partial charge in [0.25, 0.3) is 5.19 Å². The third kappa shape index (κ3) is 5.44. The summed E-state index contributed by atoms with van der Waals surface area (Å²) in [4.78, 5) is 17.8. The van der Waals surface area contributed by atoms with Gasteiger partial charge in [-0.15, -0.1) is 0 Å². The van der Waals surface area contributed by atoms with Crippen LogP contribution in [0.3, 0.4) is 0 Å². The molecular formula is C30H29NO4S. The number of carbonyl (C=O) groups is 1. The van der Waals surface area contributed by atoms with Crippen molar-refractivity contribution in [3.8, 4) is 22.2 Å². The van der Waals surface area contributed by atoms with Gasteiger partial charge in [-0.3, -0.25) is 0 Å². The Morgan fingerprint density at radius 1 is 0.917 bits per heavy atom. The molecule has 0 fully saturated rings. The number of rotatable bonds is 10. The van der Waals surface area contributed by atoms with Gasteiger partial charge in [-0.05, 0) is 43.4 Å². The molecule has 5 nitrogen and oxygen atoms in total. The molecule has 36 heavy (non-hydrogen) atoms. The quantitative estimate of drug-likeness (QED) is 0.235. The molecule has 0 N–H and O–H groups in total. The van der Waals surface area contributed by atoms with E-state index in [2.05, 4.69) is 54.6 Å². The number of carbonyl (C=O) groups excluding carboxylic acids is 1. The molecule has 0 unspecified atom stereocenters. The molecule has 0 aliphatic heterocycles. The van der Waals surface area contributed by atoms with Gasteiger partial charge in [0, 0.05) is 21.9 Å². The van der Waals surface area contributed by atoms with E-state index >= 15 is 0 Å². The van der Waals surface area contributed by atoms with Crippen LogP contribution < -0.4 is 9.47 Å². The molecule has 1 heterocycles. The molecule has 0 radical (unpaired) electrons. The summed E-state index contributed by atoms with van der Waals surface area (Å²) in [5, 5.41) is 0.700. The first-order valence-corrected chi connectivity index (χ1v) is 13.2. The van der Waals surface area contributed by atoms with E-state index in [0.717, 1.165) is 41.8 Å². The predicted octanol–water partition coefficient (Wildman–Crippen LogP) is 6.45. The smallest absolute Gasteiger partial charge is 0.344 e. The van der Waals surface area contributed by atoms with E-state index < -0.39 is 0 Å². The van der Waals surface area contributed by atoms with Gasteiger partial charge in [0.15, 0.2) is 6.61 Å². The van der Waals surface area contributed by atoms with Crippen molar-refractivity contribution in [2.75, 3.05) is 19.8 Å². The molecular weight excluding hydrogens is 470 g/mol. The Hall–Kier alpha value is -3.64. The lowest BCUT2D eigenvalue weighted by atomic mass is 9.89. The van der Waals surface area contributed by atoms with Crippen LogP contribution in [0.1, 0.15) is 40.8 Å². The van der Waals surface area contributed by atoms with Crippen LogP contribution in [-0.4, -0.2) is 30.8 Å². The number of hydrogen-bond acceptors (Lipinski definition) is 6. The zero-order valence-corrected chi connectivity index (χ0v) is 21.1. The Morgan fingerprint density at radius 2 is 1.64 bits per heavy atom. The Labute approximate surface area is 215 Å². The van der Waals surface area contributed by atoms with E-state index in [1.807, 2.05) is 24.3 Å². The fraction of sp³-hybridized carbons (Fsp3) is 0.267. The van der Waals surface area contributed by atoms with Crippen LogP contribution in [0.15, 0.2) is 78.9 Å². The summed E-state index contributed by atoms with van der Waals surface area (Å²) in [5.74, 6) is 0.623. The normalized spacial score (nSPS) is 12.1. The summed E-state index contributed by atoms with van der Waals surface area (Å²) in [6, 6.07) is 27.1. The second kappa shape index (κ2) is 11.4. The average Bonchev–Trinajstić information content (AvgIpc) is 3.34. The van der Waals surface area contributed by atoms with Crippen LogP contribution >= 0.6 is 11.3 Å². The molecule has 0 saturated heterocycles. The number of aromatic nitrogens is 1. The summed E-state index contributed by atoms with van der Waals surface area (Å²) >= 11 is 1.62. The Morgan fingerprint density at radius 3 is 2.33 bits per heavy atom. The average molecular weight is 500 g/mol. The van der Waals surface area contributed by atoms with Crippen molar-refractivity contribution in [1.29, 1.82) is 0 Å². The van der Waals surface area contributed by atoms with E-state index in [4.69, 9.17) is 19.2 Å². The molecule has 0 atom stereocenters. The minimum Gasteiger partial charge on any atom is -0.482 e. The Bertz CT molecular complexity index is 1260. The molecule has 1 aliphatic carbocycles. The molecule has 0 spiro atoms. The first-order valence-electron chi connectivity index (χ1n) is 12.4. The van der Waals surface area contributed by atoms with Gasteiger partial charge in [0.2, 0.25) is 0 Å². The summed E-state index contributed by atoms with van der Waals surface area (Å²) in [6.45, 7) is 2.62. The Balaban J connectivity index is 1.28. The molecule has 0 bridgehead atoms. The molecule has 0 amide bonds. The van der Waals surface area contributed by atoms with Crippen LogP contribution in [0.5, 0.6) is 10.9 Å². The second-order valence-corrected chi connectivity index (χ2v) is 9.68. The third-order valence-electron chi connectivity index (χ3n) is 6.35. The molecule has 4 aromatic rings. The standard InChI is InChI=1S/C30H29NO4S/c1-2-33-28(32)20-35-26-15-9-14-25-24(26)16-17-27-29(25)31-30(36-27)34-19-18-23(21-10-5-3-6-11-21)22-12-7-4-8-13-22/h3-15,23H,2,16-20H2,1H3. The van der Waals surface area contributed by atoms with E-state index in [-0.39, 0.29) is 18.5 Å². The highest BCUT2D eigenvalue weighted by Crippen LogP contribution is 2.42. The monoisotopic (exact) mass is 499 g/mol. The number of esters is 1. The first-order chi connectivity index (χ1) is 17.7. The summed E-state index contributed by atoms with van der Waals surface area (Å²) in [5.41, 5.74) is 5.67. The lowest BCUT2D eigenvalue weighted by molar-refractivity contribution is -0.145. The lowest BCUT2D eigenvalue weighted by Crippen LogP contribution is -2.16. The predicted molar refractivity (Wildman–Crippen MR) is 142 cm³/mol. The van der Waals surface area contributed by atoms with Crippen LogP contribution in [-0.2, 0) is 22.4 Å². The van der Waals surface area contributed by atoms with Crippen molar-refractivity contribution < 1.29 is 19.0 Å². The second-order valence-electron chi connectivity index (χ2n) is 8.64. The highest BCUT2D eigenvalue weighted by Gasteiger charge is 2.24. The topological polar surface area (TPSA) is 57.7 Å². The minimum absolute atomic E-state index is 0.0907. The van der Waals surface area contributed by atoms with Crippen molar-refractivity contribution in [3.63, 3.8) is 0 Å². The maximum absolute atomic E-state index is 11.7. The molecule has 6 heteroatoms. The molecule has 1 aromatic heterocycles. The highest BCUT2D eigenvalue weighted by molar-refractivity contribution is 7.13. The van der Waals surface area contributed by atoms with Gasteiger partial charge in [-0.25, -0.2) is 9.78 Å². The molecule has 5 rings (SSSR count). The molecule has 0 saturated carbocycles. The number of hydrogen-bond donors (Lipinski definition) is 0. The summed E-state index contributed by atoms with van der Waals surface area (Å²) < 4.78 is 17.0. The molecule has 184 valence electrons. The zero-order chi connectivity index (χ0) is 24.7. The summed E-state index contributed by atoms with van der Waals surface area (Å²) in [7, 11) is 0. The van der Waals surface area contributed by atoms with Crippen LogP contribution in [0, 0.1) is 0 Å². The van der Waals surface area contributed by atoms with Gasteiger partial charge >= 0.3 is 5.97 Å². The van der Waals surface area contributed by atoms with E-state index in [9.17, 15) is 4.79 Å². The van der Waals surface area contributed by atoms with Crippen LogP contribution in [0.2, 0.25) is 0 Å². The van der Waals surface area contributed by atoms with E-state index in [1.165, 1.54) is 16.0 Å². The van der Waals surface area contributed by atoms with E-state index in [1.54, 1.807) is 18.3 Å².